The maximum atomic E-state index is 12.1. The number of rotatable bonds is 6. The van der Waals surface area contributed by atoms with Gasteiger partial charge in [-0.05, 0) is 44.7 Å². The molecule has 0 radical (unpaired) electrons. The fraction of sp³-hybridized carbons (Fsp3) is 0.318. The fourth-order valence-electron chi connectivity index (χ4n) is 1.84. The van der Waals surface area contributed by atoms with Gasteiger partial charge in [-0.15, -0.1) is 10.2 Å². The zero-order valence-electron chi connectivity index (χ0n) is 17.7. The Morgan fingerprint density at radius 1 is 1.31 bits per heavy atom. The van der Waals surface area contributed by atoms with Crippen molar-refractivity contribution < 1.29 is 17.6 Å². The second-order valence-corrected chi connectivity index (χ2v) is 5.54. The van der Waals surface area contributed by atoms with Crippen LogP contribution in [0.3, 0.4) is 0 Å². The normalized spacial score (nSPS) is 11.6. The van der Waals surface area contributed by atoms with E-state index in [2.05, 4.69) is 47.6 Å². The van der Waals surface area contributed by atoms with Crippen LogP contribution in [0.15, 0.2) is 74.3 Å². The molecule has 0 aliphatic carbocycles. The van der Waals surface area contributed by atoms with Crippen LogP contribution in [0.5, 0.6) is 0 Å². The summed E-state index contributed by atoms with van der Waals surface area (Å²) >= 11 is 0. The van der Waals surface area contributed by atoms with Crippen LogP contribution in [0.25, 0.3) is 11.5 Å². The summed E-state index contributed by atoms with van der Waals surface area (Å²) in [6.07, 6.45) is 9.41. The molecule has 158 valence electrons. The van der Waals surface area contributed by atoms with Crippen LogP contribution in [0.2, 0.25) is 0 Å². The van der Waals surface area contributed by atoms with E-state index in [1.165, 1.54) is 17.4 Å². The van der Waals surface area contributed by atoms with Crippen molar-refractivity contribution in [1.82, 2.24) is 10.2 Å². The molecule has 0 saturated carbocycles. The number of allylic oxidation sites excluding steroid dienone is 7. The molecule has 0 N–H and O–H groups in total. The summed E-state index contributed by atoms with van der Waals surface area (Å²) in [6.45, 7) is 14.9. The summed E-state index contributed by atoms with van der Waals surface area (Å²) in [6, 6.07) is 1.68. The van der Waals surface area contributed by atoms with Crippen molar-refractivity contribution in [2.75, 3.05) is 7.05 Å². The lowest BCUT2D eigenvalue weighted by Gasteiger charge is -1.98. The largest absolute Gasteiger partial charge is 0.469 e. The van der Waals surface area contributed by atoms with Crippen LogP contribution >= 0.6 is 0 Å². The first-order chi connectivity index (χ1) is 13.9. The highest BCUT2D eigenvalue weighted by atomic mass is 19.3. The van der Waals surface area contributed by atoms with Crippen molar-refractivity contribution >= 4 is 6.72 Å². The molecule has 2 aromatic rings. The van der Waals surface area contributed by atoms with Gasteiger partial charge in [0, 0.05) is 13.5 Å². The van der Waals surface area contributed by atoms with E-state index in [-0.39, 0.29) is 5.89 Å². The Labute approximate surface area is 171 Å². The third kappa shape index (κ3) is 9.60. The Morgan fingerprint density at radius 2 is 1.97 bits per heavy atom. The number of aryl methyl sites for hydroxylation is 1. The minimum Gasteiger partial charge on any atom is -0.469 e. The summed E-state index contributed by atoms with van der Waals surface area (Å²) in [4.78, 5) is 3.25. The predicted octanol–water partition coefficient (Wildman–Crippen LogP) is 6.79. The Bertz CT molecular complexity index is 831. The number of aliphatic imine (C=N–C) groups is 1. The Kier molecular flexibility index (Phi) is 13.3. The first-order valence-corrected chi connectivity index (χ1v) is 9.01. The van der Waals surface area contributed by atoms with Crippen LogP contribution in [-0.2, 0) is 6.42 Å². The van der Waals surface area contributed by atoms with Gasteiger partial charge >= 0.3 is 6.43 Å². The second kappa shape index (κ2) is 14.9. The van der Waals surface area contributed by atoms with E-state index in [0.29, 0.717) is 5.56 Å². The lowest BCUT2D eigenvalue weighted by Crippen LogP contribution is -1.81. The molecule has 2 rings (SSSR count). The first kappa shape index (κ1) is 25.9. The van der Waals surface area contributed by atoms with Gasteiger partial charge in [0.2, 0.25) is 0 Å². The molecular weight excluding hydrogens is 376 g/mol. The molecule has 7 heteroatoms. The molecule has 0 aromatic carbocycles. The second-order valence-electron chi connectivity index (χ2n) is 5.54. The van der Waals surface area contributed by atoms with E-state index < -0.39 is 12.3 Å². The minimum absolute atomic E-state index is 0.0498. The molecule has 29 heavy (non-hydrogen) atoms. The summed E-state index contributed by atoms with van der Waals surface area (Å²) in [5.41, 5.74) is 2.97. The third-order valence-corrected chi connectivity index (χ3v) is 3.45. The number of furan rings is 1. The van der Waals surface area contributed by atoms with Crippen molar-refractivity contribution in [3.63, 3.8) is 0 Å². The van der Waals surface area contributed by atoms with Gasteiger partial charge in [-0.2, -0.15) is 8.78 Å². The Morgan fingerprint density at radius 3 is 2.38 bits per heavy atom. The zero-order valence-corrected chi connectivity index (χ0v) is 17.7. The van der Waals surface area contributed by atoms with Gasteiger partial charge in [-0.25, -0.2) is 0 Å². The first-order valence-electron chi connectivity index (χ1n) is 9.01. The molecule has 0 spiro atoms. The van der Waals surface area contributed by atoms with Crippen molar-refractivity contribution in [3.8, 4) is 11.5 Å². The minimum atomic E-state index is -2.75. The number of nitrogens with zero attached hydrogens (tertiary/aromatic N) is 3. The van der Waals surface area contributed by atoms with Gasteiger partial charge in [-0.3, -0.25) is 0 Å². The van der Waals surface area contributed by atoms with Gasteiger partial charge in [0.25, 0.3) is 11.8 Å². The predicted molar refractivity (Wildman–Crippen MR) is 114 cm³/mol. The molecule has 2 aromatic heterocycles. The smallest absolute Gasteiger partial charge is 0.314 e. The maximum absolute atomic E-state index is 12.1. The molecule has 0 aliphatic rings. The SMILES string of the molecule is C=CC(=C\C=C/C)/C(C)=C/C.C=NC.CCc1cc(-c2nnc(C(F)F)o2)co1. The Balaban J connectivity index is 0.000000497. The molecule has 0 bridgehead atoms. The number of aromatic nitrogens is 2. The van der Waals surface area contributed by atoms with E-state index in [1.54, 1.807) is 13.1 Å². The average molecular weight is 405 g/mol. The molecule has 0 unspecified atom stereocenters. The number of halogens is 2. The van der Waals surface area contributed by atoms with Crippen LogP contribution < -0.4 is 0 Å². The summed E-state index contributed by atoms with van der Waals surface area (Å²) in [5.74, 6) is 0.111. The van der Waals surface area contributed by atoms with E-state index >= 15 is 0 Å². The summed E-state index contributed by atoms with van der Waals surface area (Å²) in [5, 5.41) is 6.72. The number of hydrogen-bond donors (Lipinski definition) is 0. The van der Waals surface area contributed by atoms with E-state index in [9.17, 15) is 8.78 Å². The van der Waals surface area contributed by atoms with Gasteiger partial charge in [0.1, 0.15) is 12.0 Å². The van der Waals surface area contributed by atoms with E-state index in [0.717, 1.165) is 12.2 Å². The molecule has 5 nitrogen and oxygen atoms in total. The van der Waals surface area contributed by atoms with E-state index in [1.807, 2.05) is 39.0 Å². The van der Waals surface area contributed by atoms with Crippen LogP contribution in [0, 0.1) is 0 Å². The monoisotopic (exact) mass is 405 g/mol. The summed E-state index contributed by atoms with van der Waals surface area (Å²) in [7, 11) is 1.64. The zero-order chi connectivity index (χ0) is 22.2. The molecule has 0 saturated heterocycles. The average Bonchev–Trinajstić information content (AvgIpc) is 3.38. The van der Waals surface area contributed by atoms with Gasteiger partial charge in [0.05, 0.1) is 5.56 Å². The van der Waals surface area contributed by atoms with Crippen LogP contribution in [0.4, 0.5) is 8.78 Å². The van der Waals surface area contributed by atoms with Gasteiger partial charge in [-0.1, -0.05) is 43.9 Å². The summed E-state index contributed by atoms with van der Waals surface area (Å²) < 4.78 is 34.2. The quantitative estimate of drug-likeness (QED) is 0.392. The topological polar surface area (TPSA) is 64.4 Å². The van der Waals surface area contributed by atoms with Crippen molar-refractivity contribution in [2.45, 2.75) is 40.5 Å². The molecule has 0 atom stereocenters. The van der Waals surface area contributed by atoms with E-state index in [4.69, 9.17) is 8.83 Å². The van der Waals surface area contributed by atoms with Gasteiger partial charge < -0.3 is 13.8 Å². The van der Waals surface area contributed by atoms with Crippen molar-refractivity contribution in [2.24, 2.45) is 4.99 Å². The highest BCUT2D eigenvalue weighted by Crippen LogP contribution is 2.24. The lowest BCUT2D eigenvalue weighted by molar-refractivity contribution is 0.116. The Hall–Kier alpha value is -3.09. The molecule has 2 heterocycles. The molecule has 0 amide bonds. The number of hydrogen-bond acceptors (Lipinski definition) is 5. The lowest BCUT2D eigenvalue weighted by atomic mass is 10.1. The van der Waals surface area contributed by atoms with Crippen LogP contribution in [-0.4, -0.2) is 24.0 Å². The highest BCUT2D eigenvalue weighted by Gasteiger charge is 2.17. The standard InChI is InChI=1S/C11H16.C9H8F2N2O2.C2H5N/c1-5-8-9-11(7-3)10(4)6-2;1-2-6-3-5(4-14-6)8-12-13-9(15-8)7(10)11;1-3-2/h5-9H,3H2,1-2,4H3;3-4,7H,2H2,1H3;1H2,2H3/b8-5-,10-6+,11-9+;;. The maximum Gasteiger partial charge on any atom is 0.314 e. The molecule has 0 aliphatic heterocycles. The third-order valence-electron chi connectivity index (χ3n) is 3.45. The van der Waals surface area contributed by atoms with Crippen LogP contribution in [0.1, 0.15) is 45.8 Å². The molecule has 0 fully saturated rings. The van der Waals surface area contributed by atoms with Crippen molar-refractivity contribution in [1.29, 1.82) is 0 Å². The molecular formula is C22H29F2N3O2. The van der Waals surface area contributed by atoms with Gasteiger partial charge in [0.15, 0.2) is 0 Å². The fourth-order valence-corrected chi connectivity index (χ4v) is 1.84. The van der Waals surface area contributed by atoms with Crippen molar-refractivity contribution in [3.05, 3.63) is 72.1 Å². The number of alkyl halides is 2. The highest BCUT2D eigenvalue weighted by molar-refractivity contribution is 5.51.